The second-order valence-electron chi connectivity index (χ2n) is 8.31. The monoisotopic (exact) mass is 480 g/mol. The number of anilines is 2. The predicted octanol–water partition coefficient (Wildman–Crippen LogP) is 4.76. The number of aryl methyl sites for hydroxylation is 3. The van der Waals surface area contributed by atoms with Crippen molar-refractivity contribution in [3.63, 3.8) is 0 Å². The first-order valence-corrected chi connectivity index (χ1v) is 12.4. The van der Waals surface area contributed by atoms with Crippen LogP contribution in [0.25, 0.3) is 0 Å². The number of carbonyl (C=O) groups is 2. The molecule has 0 saturated heterocycles. The Kier molecular flexibility index (Phi) is 7.41. The van der Waals surface area contributed by atoms with E-state index < -0.39 is 26.9 Å². The summed E-state index contributed by atoms with van der Waals surface area (Å²) < 4.78 is 26.3. The van der Waals surface area contributed by atoms with Gasteiger partial charge < -0.3 is 15.7 Å². The highest BCUT2D eigenvalue weighted by molar-refractivity contribution is 7.92. The molecule has 0 bridgehead atoms. The molecule has 0 aliphatic heterocycles. The van der Waals surface area contributed by atoms with Crippen molar-refractivity contribution >= 4 is 33.0 Å². The molecule has 34 heavy (non-hydrogen) atoms. The van der Waals surface area contributed by atoms with Crippen LogP contribution in [0.1, 0.15) is 40.4 Å². The number of amides is 2. The Morgan fingerprint density at radius 1 is 0.853 bits per heavy atom. The molecular weight excluding hydrogens is 452 g/mol. The molecule has 0 aromatic heterocycles. The highest BCUT2D eigenvalue weighted by Crippen LogP contribution is 2.28. The fourth-order valence-electron chi connectivity index (χ4n) is 3.64. The third kappa shape index (κ3) is 5.63. The van der Waals surface area contributed by atoms with Crippen LogP contribution in [0.3, 0.4) is 0 Å². The van der Waals surface area contributed by atoms with Crippen LogP contribution in [0, 0.1) is 20.8 Å². The van der Waals surface area contributed by atoms with Crippen LogP contribution in [0.4, 0.5) is 11.4 Å². The normalized spacial score (nSPS) is 12.1. The van der Waals surface area contributed by atoms with Gasteiger partial charge in [-0.3, -0.25) is 9.59 Å². The second-order valence-corrected chi connectivity index (χ2v) is 10.4. The molecule has 0 aliphatic carbocycles. The van der Waals surface area contributed by atoms with Crippen molar-refractivity contribution in [1.29, 1.82) is 0 Å². The molecule has 0 radical (unpaired) electrons. The molecule has 3 rings (SSSR count). The van der Waals surface area contributed by atoms with E-state index in [0.717, 1.165) is 16.7 Å². The molecule has 0 spiro atoms. The zero-order valence-electron chi connectivity index (χ0n) is 19.5. The quantitative estimate of drug-likeness (QED) is 0.422. The van der Waals surface area contributed by atoms with Crippen LogP contribution in [-0.2, 0) is 14.6 Å². The molecule has 3 aromatic carbocycles. The lowest BCUT2D eigenvalue weighted by Gasteiger charge is -2.17. The lowest BCUT2D eigenvalue weighted by molar-refractivity contribution is -0.115. The van der Waals surface area contributed by atoms with E-state index in [9.17, 15) is 23.1 Å². The Morgan fingerprint density at radius 3 is 2.03 bits per heavy atom. The molecule has 0 heterocycles. The molecule has 178 valence electrons. The fraction of sp³-hybridized carbons (Fsp3) is 0.231. The number of phenols is 1. The van der Waals surface area contributed by atoms with E-state index in [1.165, 1.54) is 18.2 Å². The van der Waals surface area contributed by atoms with Gasteiger partial charge in [0.2, 0.25) is 5.91 Å². The van der Waals surface area contributed by atoms with Gasteiger partial charge in [0.05, 0.1) is 10.6 Å². The maximum Gasteiger partial charge on any atom is 0.255 e. The summed E-state index contributed by atoms with van der Waals surface area (Å²) >= 11 is 0. The summed E-state index contributed by atoms with van der Waals surface area (Å²) in [5.41, 5.74) is 3.42. The van der Waals surface area contributed by atoms with E-state index in [0.29, 0.717) is 5.56 Å². The van der Waals surface area contributed by atoms with E-state index in [-0.39, 0.29) is 28.4 Å². The van der Waals surface area contributed by atoms with Crippen LogP contribution >= 0.6 is 0 Å². The third-order valence-corrected chi connectivity index (χ3v) is 7.58. The van der Waals surface area contributed by atoms with Crippen molar-refractivity contribution in [2.45, 2.75) is 44.3 Å². The Hall–Kier alpha value is -3.65. The van der Waals surface area contributed by atoms with Crippen molar-refractivity contribution in [1.82, 2.24) is 0 Å². The Balaban J connectivity index is 1.76. The average Bonchev–Trinajstić information content (AvgIpc) is 2.75. The summed E-state index contributed by atoms with van der Waals surface area (Å²) in [6, 6.07) is 16.1. The fourth-order valence-corrected chi connectivity index (χ4v) is 5.45. The Bertz CT molecular complexity index is 1310. The molecule has 1 unspecified atom stereocenters. The summed E-state index contributed by atoms with van der Waals surface area (Å²) in [5.74, 6) is -1.35. The summed E-state index contributed by atoms with van der Waals surface area (Å²) in [7, 11) is -3.91. The number of aromatic hydroxyl groups is 1. The number of sulfone groups is 1. The maximum absolute atomic E-state index is 13.1. The van der Waals surface area contributed by atoms with Gasteiger partial charge >= 0.3 is 0 Å². The minimum atomic E-state index is -3.91. The number of phenolic OH excluding ortho intramolecular Hbond substituents is 1. The van der Waals surface area contributed by atoms with Crippen LogP contribution in [-0.4, -0.2) is 30.6 Å². The van der Waals surface area contributed by atoms with Crippen molar-refractivity contribution in [2.24, 2.45) is 0 Å². The number of hydrogen-bond acceptors (Lipinski definition) is 5. The van der Waals surface area contributed by atoms with E-state index in [1.54, 1.807) is 45.0 Å². The minimum Gasteiger partial charge on any atom is -0.506 e. The number of benzene rings is 3. The van der Waals surface area contributed by atoms with E-state index in [2.05, 4.69) is 10.6 Å². The van der Waals surface area contributed by atoms with Crippen LogP contribution in [0.5, 0.6) is 5.75 Å². The molecular formula is C26H28N2O5S. The molecule has 3 N–H and O–H groups in total. The van der Waals surface area contributed by atoms with Crippen LogP contribution < -0.4 is 10.6 Å². The molecule has 0 aliphatic rings. The molecule has 1 atom stereocenters. The maximum atomic E-state index is 13.1. The molecule has 7 nitrogen and oxygen atoms in total. The number of carbonyl (C=O) groups excluding carboxylic acids is 2. The van der Waals surface area contributed by atoms with Crippen LogP contribution in [0.2, 0.25) is 0 Å². The minimum absolute atomic E-state index is 0.0812. The number of rotatable bonds is 7. The van der Waals surface area contributed by atoms with Gasteiger partial charge in [-0.2, -0.15) is 0 Å². The van der Waals surface area contributed by atoms with Crippen LogP contribution in [0.15, 0.2) is 65.6 Å². The molecule has 8 heteroatoms. The highest BCUT2D eigenvalue weighted by atomic mass is 32.2. The Morgan fingerprint density at radius 2 is 1.47 bits per heavy atom. The summed E-state index contributed by atoms with van der Waals surface area (Å²) in [6.45, 7) is 7.15. The van der Waals surface area contributed by atoms with Gasteiger partial charge in [-0.1, -0.05) is 30.7 Å². The zero-order valence-corrected chi connectivity index (χ0v) is 20.4. The van der Waals surface area contributed by atoms with E-state index in [4.69, 9.17) is 0 Å². The molecule has 0 fully saturated rings. The van der Waals surface area contributed by atoms with Crippen molar-refractivity contribution < 1.29 is 23.1 Å². The summed E-state index contributed by atoms with van der Waals surface area (Å²) in [5, 5.41) is 14.2. The van der Waals surface area contributed by atoms with Gasteiger partial charge in [-0.15, -0.1) is 0 Å². The van der Waals surface area contributed by atoms with Gasteiger partial charge in [0.25, 0.3) is 5.91 Å². The first kappa shape index (κ1) is 25.0. The van der Waals surface area contributed by atoms with Gasteiger partial charge in [0, 0.05) is 17.3 Å². The molecule has 3 aromatic rings. The summed E-state index contributed by atoms with van der Waals surface area (Å²) in [6.07, 6.45) is 0.0812. The van der Waals surface area contributed by atoms with Gasteiger partial charge in [-0.25, -0.2) is 8.42 Å². The number of nitrogens with one attached hydrogen (secondary N) is 2. The SMILES string of the molecule is CCC(C(=O)Nc1ccc(NC(=O)c2ccc(C)cc2)c(O)c1)S(=O)(=O)c1cc(C)cc(C)c1. The molecule has 2 amide bonds. The summed E-state index contributed by atoms with van der Waals surface area (Å²) in [4.78, 5) is 25.4. The standard InChI is InChI=1S/C26H28N2O5S/c1-5-24(34(32,33)21-13-17(3)12-18(4)14-21)26(31)27-20-10-11-22(23(29)15-20)28-25(30)19-8-6-16(2)7-9-19/h6-15,24,29H,5H2,1-4H3,(H,27,31)(H,28,30). The van der Waals surface area contributed by atoms with Crippen molar-refractivity contribution in [2.75, 3.05) is 10.6 Å². The zero-order chi connectivity index (χ0) is 25.0. The molecule has 0 saturated carbocycles. The lowest BCUT2D eigenvalue weighted by Crippen LogP contribution is -2.34. The van der Waals surface area contributed by atoms with E-state index in [1.807, 2.05) is 25.1 Å². The topological polar surface area (TPSA) is 113 Å². The first-order chi connectivity index (χ1) is 16.0. The highest BCUT2D eigenvalue weighted by Gasteiger charge is 2.33. The van der Waals surface area contributed by atoms with E-state index >= 15 is 0 Å². The van der Waals surface area contributed by atoms with Crippen molar-refractivity contribution in [3.8, 4) is 5.75 Å². The largest absolute Gasteiger partial charge is 0.506 e. The van der Waals surface area contributed by atoms with Crippen molar-refractivity contribution in [3.05, 3.63) is 82.9 Å². The third-order valence-electron chi connectivity index (χ3n) is 5.39. The number of hydrogen-bond donors (Lipinski definition) is 3. The first-order valence-electron chi connectivity index (χ1n) is 10.9. The smallest absolute Gasteiger partial charge is 0.255 e. The van der Waals surface area contributed by atoms with Gasteiger partial charge in [0.1, 0.15) is 11.0 Å². The Labute approximate surface area is 199 Å². The van der Waals surface area contributed by atoms with Gasteiger partial charge in [-0.05, 0) is 74.7 Å². The predicted molar refractivity (Wildman–Crippen MR) is 133 cm³/mol. The average molecular weight is 481 g/mol. The second kappa shape index (κ2) is 10.1. The lowest BCUT2D eigenvalue weighted by atomic mass is 10.1. The van der Waals surface area contributed by atoms with Gasteiger partial charge in [0.15, 0.2) is 9.84 Å².